The van der Waals surface area contributed by atoms with Crippen LogP contribution in [0.25, 0.3) is 0 Å². The van der Waals surface area contributed by atoms with E-state index in [1.165, 1.54) is 5.56 Å². The molecule has 4 nitrogen and oxygen atoms in total. The van der Waals surface area contributed by atoms with Gasteiger partial charge in [0.2, 0.25) is 0 Å². The minimum atomic E-state index is 0.00867. The number of nitrogens with zero attached hydrogens (tertiary/aromatic N) is 1. The third kappa shape index (κ3) is 3.56. The van der Waals surface area contributed by atoms with Crippen molar-refractivity contribution in [1.82, 2.24) is 4.90 Å². The van der Waals surface area contributed by atoms with Crippen molar-refractivity contribution < 1.29 is 9.90 Å². The van der Waals surface area contributed by atoms with E-state index in [9.17, 15) is 9.90 Å². The Kier molecular flexibility index (Phi) is 5.62. The number of nitrogens with one attached hydrogen (secondary N) is 1. The maximum absolute atomic E-state index is 12.8. The van der Waals surface area contributed by atoms with Crippen LogP contribution in [0, 0.1) is 0 Å². The van der Waals surface area contributed by atoms with E-state index < -0.39 is 0 Å². The first-order chi connectivity index (χ1) is 10.2. The van der Waals surface area contributed by atoms with Crippen molar-refractivity contribution in [2.24, 2.45) is 0 Å². The molecule has 1 heterocycles. The number of aryl methyl sites for hydroxylation is 1. The SMILES string of the molecule is CCC(CC)N(CCO)C(=O)c1ccc2c(c1)CCCN2. The second-order valence-corrected chi connectivity index (χ2v) is 5.59. The van der Waals surface area contributed by atoms with Crippen molar-refractivity contribution in [2.75, 3.05) is 25.0 Å². The average molecular weight is 290 g/mol. The highest BCUT2D eigenvalue weighted by Gasteiger charge is 2.22. The highest BCUT2D eigenvalue weighted by atomic mass is 16.3. The number of rotatable bonds is 6. The van der Waals surface area contributed by atoms with Gasteiger partial charge in [0.05, 0.1) is 6.61 Å². The van der Waals surface area contributed by atoms with Gasteiger partial charge in [-0.1, -0.05) is 13.8 Å². The molecule has 0 unspecified atom stereocenters. The van der Waals surface area contributed by atoms with Crippen molar-refractivity contribution in [3.05, 3.63) is 29.3 Å². The summed E-state index contributed by atoms with van der Waals surface area (Å²) >= 11 is 0. The van der Waals surface area contributed by atoms with E-state index in [1.54, 1.807) is 0 Å². The highest BCUT2D eigenvalue weighted by molar-refractivity contribution is 5.95. The zero-order valence-electron chi connectivity index (χ0n) is 13.1. The minimum Gasteiger partial charge on any atom is -0.395 e. The fourth-order valence-corrected chi connectivity index (χ4v) is 3.06. The summed E-state index contributed by atoms with van der Waals surface area (Å²) in [6, 6.07) is 6.10. The van der Waals surface area contributed by atoms with Crippen LogP contribution < -0.4 is 5.32 Å². The molecule has 0 fully saturated rings. The number of amides is 1. The van der Waals surface area contributed by atoms with Crippen molar-refractivity contribution >= 4 is 11.6 Å². The fourth-order valence-electron chi connectivity index (χ4n) is 3.06. The van der Waals surface area contributed by atoms with Gasteiger partial charge in [-0.3, -0.25) is 4.79 Å². The van der Waals surface area contributed by atoms with Crippen molar-refractivity contribution in [2.45, 2.75) is 45.6 Å². The minimum absolute atomic E-state index is 0.00867. The van der Waals surface area contributed by atoms with Gasteiger partial charge < -0.3 is 15.3 Å². The van der Waals surface area contributed by atoms with Crippen molar-refractivity contribution in [3.8, 4) is 0 Å². The lowest BCUT2D eigenvalue weighted by molar-refractivity contribution is 0.0622. The van der Waals surface area contributed by atoms with E-state index in [-0.39, 0.29) is 18.6 Å². The van der Waals surface area contributed by atoms with Crippen LogP contribution in [0.4, 0.5) is 5.69 Å². The van der Waals surface area contributed by atoms with E-state index in [0.717, 1.165) is 43.5 Å². The molecule has 21 heavy (non-hydrogen) atoms. The molecule has 2 rings (SSSR count). The third-order valence-corrected chi connectivity index (χ3v) is 4.28. The largest absolute Gasteiger partial charge is 0.395 e. The lowest BCUT2D eigenvalue weighted by Gasteiger charge is -2.30. The molecule has 4 heteroatoms. The maximum atomic E-state index is 12.8. The van der Waals surface area contributed by atoms with E-state index in [1.807, 2.05) is 23.1 Å². The lowest BCUT2D eigenvalue weighted by atomic mass is 9.99. The Morgan fingerprint density at radius 3 is 2.81 bits per heavy atom. The summed E-state index contributed by atoms with van der Waals surface area (Å²) in [5, 5.41) is 12.6. The van der Waals surface area contributed by atoms with Crippen LogP contribution in [0.15, 0.2) is 18.2 Å². The molecule has 2 N–H and O–H groups in total. The maximum Gasteiger partial charge on any atom is 0.254 e. The normalized spacial score (nSPS) is 13.7. The molecule has 0 atom stereocenters. The van der Waals surface area contributed by atoms with Gasteiger partial charge in [-0.05, 0) is 49.4 Å². The summed E-state index contributed by atoms with van der Waals surface area (Å²) in [4.78, 5) is 14.6. The summed E-state index contributed by atoms with van der Waals surface area (Å²) in [6.07, 6.45) is 3.95. The third-order valence-electron chi connectivity index (χ3n) is 4.28. The molecule has 0 saturated heterocycles. The summed E-state index contributed by atoms with van der Waals surface area (Å²) in [5.41, 5.74) is 3.10. The van der Waals surface area contributed by atoms with Crippen LogP contribution in [0.5, 0.6) is 0 Å². The van der Waals surface area contributed by atoms with Gasteiger partial charge in [0, 0.05) is 30.4 Å². The number of anilines is 1. The molecular formula is C17H26N2O2. The molecule has 0 spiro atoms. The summed E-state index contributed by atoms with van der Waals surface area (Å²) in [5.74, 6) is 0.0334. The summed E-state index contributed by atoms with van der Waals surface area (Å²) < 4.78 is 0. The summed E-state index contributed by atoms with van der Waals surface area (Å²) in [6.45, 7) is 5.59. The Labute approximate surface area is 127 Å². The van der Waals surface area contributed by atoms with Crippen molar-refractivity contribution in [3.63, 3.8) is 0 Å². The molecule has 1 aromatic rings. The van der Waals surface area contributed by atoms with Crippen LogP contribution >= 0.6 is 0 Å². The van der Waals surface area contributed by atoms with Gasteiger partial charge in [-0.15, -0.1) is 0 Å². The fraction of sp³-hybridized carbons (Fsp3) is 0.588. The molecule has 0 bridgehead atoms. The molecule has 0 aromatic heterocycles. The standard InChI is InChI=1S/C17H26N2O2/c1-3-15(4-2)19(10-11-20)17(21)14-7-8-16-13(12-14)6-5-9-18-16/h7-8,12,15,18,20H,3-6,9-11H2,1-2H3. The molecule has 1 aromatic carbocycles. The molecule has 0 saturated carbocycles. The number of aliphatic hydroxyl groups is 1. The number of hydrogen-bond donors (Lipinski definition) is 2. The molecule has 1 amide bonds. The first-order valence-electron chi connectivity index (χ1n) is 7.99. The van der Waals surface area contributed by atoms with E-state index in [2.05, 4.69) is 19.2 Å². The molecule has 1 aliphatic rings. The van der Waals surface area contributed by atoms with Gasteiger partial charge in [-0.25, -0.2) is 0 Å². The average Bonchev–Trinajstić information content (AvgIpc) is 2.54. The Hall–Kier alpha value is -1.55. The zero-order valence-corrected chi connectivity index (χ0v) is 13.1. The molecule has 1 aliphatic heterocycles. The Morgan fingerprint density at radius 1 is 1.38 bits per heavy atom. The number of carbonyl (C=O) groups excluding carboxylic acids is 1. The van der Waals surface area contributed by atoms with Crippen LogP contribution in [-0.4, -0.2) is 41.7 Å². The molecular weight excluding hydrogens is 264 g/mol. The van der Waals surface area contributed by atoms with Gasteiger partial charge in [-0.2, -0.15) is 0 Å². The zero-order chi connectivity index (χ0) is 15.2. The predicted octanol–water partition coefficient (Wildman–Crippen LogP) is 2.67. The number of aliphatic hydroxyl groups excluding tert-OH is 1. The molecule has 116 valence electrons. The smallest absolute Gasteiger partial charge is 0.254 e. The first-order valence-corrected chi connectivity index (χ1v) is 7.99. The number of benzene rings is 1. The Balaban J connectivity index is 2.23. The number of carbonyl (C=O) groups is 1. The number of fused-ring (bicyclic) bond motifs is 1. The van der Waals surface area contributed by atoms with E-state index in [4.69, 9.17) is 0 Å². The topological polar surface area (TPSA) is 52.6 Å². The summed E-state index contributed by atoms with van der Waals surface area (Å²) in [7, 11) is 0. The highest BCUT2D eigenvalue weighted by Crippen LogP contribution is 2.24. The Bertz CT molecular complexity index is 484. The second kappa shape index (κ2) is 7.46. The predicted molar refractivity (Wildman–Crippen MR) is 85.7 cm³/mol. The number of hydrogen-bond acceptors (Lipinski definition) is 3. The lowest BCUT2D eigenvalue weighted by Crippen LogP contribution is -2.41. The van der Waals surface area contributed by atoms with Crippen LogP contribution in [0.1, 0.15) is 49.0 Å². The monoisotopic (exact) mass is 290 g/mol. The molecule has 0 aliphatic carbocycles. The van der Waals surface area contributed by atoms with Gasteiger partial charge >= 0.3 is 0 Å². The van der Waals surface area contributed by atoms with E-state index in [0.29, 0.717) is 6.54 Å². The Morgan fingerprint density at radius 2 is 2.14 bits per heavy atom. The van der Waals surface area contributed by atoms with Gasteiger partial charge in [0.25, 0.3) is 5.91 Å². The first kappa shape index (κ1) is 15.8. The van der Waals surface area contributed by atoms with Crippen molar-refractivity contribution in [1.29, 1.82) is 0 Å². The second-order valence-electron chi connectivity index (χ2n) is 5.59. The van der Waals surface area contributed by atoms with Crippen LogP contribution in [0.3, 0.4) is 0 Å². The van der Waals surface area contributed by atoms with Gasteiger partial charge in [0.15, 0.2) is 0 Å². The molecule has 0 radical (unpaired) electrons. The van der Waals surface area contributed by atoms with E-state index >= 15 is 0 Å². The quantitative estimate of drug-likeness (QED) is 0.847. The van der Waals surface area contributed by atoms with Crippen LogP contribution in [0.2, 0.25) is 0 Å². The van der Waals surface area contributed by atoms with Crippen LogP contribution in [-0.2, 0) is 6.42 Å². The van der Waals surface area contributed by atoms with Gasteiger partial charge in [0.1, 0.15) is 0 Å².